The Morgan fingerprint density at radius 3 is 2.52 bits per heavy atom. The molecule has 1 aliphatic heterocycles. The van der Waals surface area contributed by atoms with E-state index in [1.165, 1.54) is 4.90 Å². The van der Waals surface area contributed by atoms with Gasteiger partial charge in [-0.2, -0.15) is 0 Å². The molecule has 1 fully saturated rings. The third-order valence-electron chi connectivity index (χ3n) is 5.20. The summed E-state index contributed by atoms with van der Waals surface area (Å²) in [6.07, 6.45) is 1.20. The molecule has 6 nitrogen and oxygen atoms in total. The smallest absolute Gasteiger partial charge is 0.411 e. The lowest BCUT2D eigenvalue weighted by molar-refractivity contribution is -0.126. The zero-order valence-corrected chi connectivity index (χ0v) is 19.2. The molecule has 1 aromatic heterocycles. The van der Waals surface area contributed by atoms with Gasteiger partial charge in [0, 0.05) is 28.5 Å². The number of anilines is 1. The first-order valence-corrected chi connectivity index (χ1v) is 10.9. The van der Waals surface area contributed by atoms with Gasteiger partial charge in [-0.05, 0) is 50.6 Å². The van der Waals surface area contributed by atoms with Gasteiger partial charge in [-0.1, -0.05) is 46.3 Å². The van der Waals surface area contributed by atoms with Gasteiger partial charge in [-0.25, -0.2) is 4.79 Å². The average Bonchev–Trinajstić information content (AvgIpc) is 2.67. The molecule has 3 aromatic rings. The fourth-order valence-electron chi connectivity index (χ4n) is 3.75. The van der Waals surface area contributed by atoms with Gasteiger partial charge in [0.05, 0.1) is 11.2 Å². The Balaban J connectivity index is 1.62. The van der Waals surface area contributed by atoms with Crippen molar-refractivity contribution in [2.45, 2.75) is 38.3 Å². The van der Waals surface area contributed by atoms with E-state index in [9.17, 15) is 9.59 Å². The highest BCUT2D eigenvalue weighted by molar-refractivity contribution is 9.10. The van der Waals surface area contributed by atoms with Gasteiger partial charge in [0.25, 0.3) is 0 Å². The highest BCUT2D eigenvalue weighted by Gasteiger charge is 2.48. The van der Waals surface area contributed by atoms with E-state index in [4.69, 9.17) is 4.74 Å². The molecule has 2 heterocycles. The van der Waals surface area contributed by atoms with Gasteiger partial charge < -0.3 is 10.1 Å². The van der Waals surface area contributed by atoms with Crippen LogP contribution in [0.3, 0.4) is 0 Å². The quantitative estimate of drug-likeness (QED) is 0.547. The molecule has 1 N–H and O–H groups in total. The van der Waals surface area contributed by atoms with Crippen LogP contribution in [-0.4, -0.2) is 40.1 Å². The van der Waals surface area contributed by atoms with Crippen molar-refractivity contribution in [1.82, 2.24) is 9.88 Å². The van der Waals surface area contributed by atoms with E-state index in [1.54, 1.807) is 6.20 Å². The van der Waals surface area contributed by atoms with Gasteiger partial charge in [-0.3, -0.25) is 14.7 Å². The topological polar surface area (TPSA) is 71.5 Å². The lowest BCUT2D eigenvalue weighted by Gasteiger charge is -2.47. The van der Waals surface area contributed by atoms with E-state index in [0.717, 1.165) is 15.4 Å². The Hall–Kier alpha value is -2.93. The molecule has 160 valence electrons. The standard InChI is InChI=1S/C24H24BrN3O3/c1-24(2,3)31-23(30)28-14-18(15-9-11-17(25)12-10-15)21(28)22(29)27-19-8-4-6-16-7-5-13-26-20(16)19/h4-13,18,21H,14H2,1-3H3,(H,27,29)/t18-,21+/m1/s1. The number of halogens is 1. The third-order valence-corrected chi connectivity index (χ3v) is 5.72. The van der Waals surface area contributed by atoms with Gasteiger partial charge >= 0.3 is 6.09 Å². The van der Waals surface area contributed by atoms with Crippen LogP contribution in [0.15, 0.2) is 65.3 Å². The summed E-state index contributed by atoms with van der Waals surface area (Å²) in [6.45, 7) is 5.86. The molecular weight excluding hydrogens is 458 g/mol. The Morgan fingerprint density at radius 1 is 1.10 bits per heavy atom. The fraction of sp³-hybridized carbons (Fsp3) is 0.292. The van der Waals surface area contributed by atoms with Crippen LogP contribution in [0.1, 0.15) is 32.3 Å². The number of carbonyl (C=O) groups is 2. The lowest BCUT2D eigenvalue weighted by Crippen LogP contribution is -2.62. The van der Waals surface area contributed by atoms with E-state index < -0.39 is 17.7 Å². The number of nitrogens with one attached hydrogen (secondary N) is 1. The number of nitrogens with zero attached hydrogens (tertiary/aromatic N) is 2. The van der Waals surface area contributed by atoms with E-state index in [1.807, 2.05) is 75.4 Å². The Kier molecular flexibility index (Phi) is 5.71. The second-order valence-corrected chi connectivity index (χ2v) is 9.52. The summed E-state index contributed by atoms with van der Waals surface area (Å²) in [6, 6.07) is 16.6. The van der Waals surface area contributed by atoms with Crippen molar-refractivity contribution in [3.63, 3.8) is 0 Å². The van der Waals surface area contributed by atoms with Crippen LogP contribution in [0.4, 0.5) is 10.5 Å². The fourth-order valence-corrected chi connectivity index (χ4v) is 4.01. The van der Waals surface area contributed by atoms with Gasteiger partial charge in [0.1, 0.15) is 11.6 Å². The molecular formula is C24H24BrN3O3. The number of hydrogen-bond donors (Lipinski definition) is 1. The number of aromatic nitrogens is 1. The molecule has 2 atom stereocenters. The molecule has 1 saturated heterocycles. The van der Waals surface area contributed by atoms with Gasteiger partial charge in [0.2, 0.25) is 5.91 Å². The summed E-state index contributed by atoms with van der Waals surface area (Å²) in [5.41, 5.74) is 1.69. The van der Waals surface area contributed by atoms with Crippen LogP contribution in [0.5, 0.6) is 0 Å². The first-order valence-electron chi connectivity index (χ1n) is 10.1. The van der Waals surface area contributed by atoms with Crippen LogP contribution in [0.2, 0.25) is 0 Å². The molecule has 7 heteroatoms. The summed E-state index contributed by atoms with van der Waals surface area (Å²) in [5, 5.41) is 3.92. The number of fused-ring (bicyclic) bond motifs is 1. The maximum atomic E-state index is 13.4. The van der Waals surface area contributed by atoms with Crippen LogP contribution < -0.4 is 5.32 Å². The molecule has 31 heavy (non-hydrogen) atoms. The molecule has 4 rings (SSSR count). The maximum absolute atomic E-state index is 13.4. The minimum atomic E-state index is -0.671. The Bertz CT molecular complexity index is 1120. The first-order chi connectivity index (χ1) is 14.7. The van der Waals surface area contributed by atoms with Crippen LogP contribution >= 0.6 is 15.9 Å². The molecule has 2 aromatic carbocycles. The van der Waals surface area contributed by atoms with E-state index in [2.05, 4.69) is 26.2 Å². The van der Waals surface area contributed by atoms with Crippen LogP contribution in [0, 0.1) is 0 Å². The molecule has 0 saturated carbocycles. The average molecular weight is 482 g/mol. The first kappa shape index (κ1) is 21.3. The number of ether oxygens (including phenoxy) is 1. The van der Waals surface area contributed by atoms with Crippen molar-refractivity contribution in [3.8, 4) is 0 Å². The van der Waals surface area contributed by atoms with Crippen molar-refractivity contribution in [2.75, 3.05) is 11.9 Å². The van der Waals surface area contributed by atoms with E-state index in [-0.39, 0.29) is 11.8 Å². The number of hydrogen-bond acceptors (Lipinski definition) is 4. The minimum Gasteiger partial charge on any atom is -0.444 e. The molecule has 0 unspecified atom stereocenters. The summed E-state index contributed by atoms with van der Waals surface area (Å²) < 4.78 is 6.49. The molecule has 0 aliphatic carbocycles. The van der Waals surface area contributed by atoms with Crippen molar-refractivity contribution in [3.05, 3.63) is 70.8 Å². The van der Waals surface area contributed by atoms with E-state index in [0.29, 0.717) is 17.7 Å². The Labute approximate surface area is 189 Å². The molecule has 2 amide bonds. The number of amides is 2. The van der Waals surface area contributed by atoms with Crippen molar-refractivity contribution in [1.29, 1.82) is 0 Å². The second-order valence-electron chi connectivity index (χ2n) is 8.61. The monoisotopic (exact) mass is 481 g/mol. The zero-order chi connectivity index (χ0) is 22.2. The molecule has 0 radical (unpaired) electrons. The zero-order valence-electron chi connectivity index (χ0n) is 17.6. The molecule has 0 spiro atoms. The number of para-hydroxylation sites is 1. The Morgan fingerprint density at radius 2 is 1.81 bits per heavy atom. The third kappa shape index (κ3) is 4.56. The predicted molar refractivity (Wildman–Crippen MR) is 124 cm³/mol. The van der Waals surface area contributed by atoms with Crippen molar-refractivity contribution >= 4 is 44.5 Å². The minimum absolute atomic E-state index is 0.122. The summed E-state index contributed by atoms with van der Waals surface area (Å²) in [5.74, 6) is -0.383. The highest BCUT2D eigenvalue weighted by Crippen LogP contribution is 2.37. The molecule has 0 bridgehead atoms. The lowest BCUT2D eigenvalue weighted by atomic mass is 9.82. The number of pyridine rings is 1. The van der Waals surface area contributed by atoms with Crippen LogP contribution in [0.25, 0.3) is 10.9 Å². The van der Waals surface area contributed by atoms with E-state index >= 15 is 0 Å². The highest BCUT2D eigenvalue weighted by atomic mass is 79.9. The van der Waals surface area contributed by atoms with Gasteiger partial charge in [0.15, 0.2) is 0 Å². The van der Waals surface area contributed by atoms with Gasteiger partial charge in [-0.15, -0.1) is 0 Å². The summed E-state index contributed by atoms with van der Waals surface area (Å²) in [7, 11) is 0. The van der Waals surface area contributed by atoms with Crippen molar-refractivity contribution < 1.29 is 14.3 Å². The number of benzene rings is 2. The largest absolute Gasteiger partial charge is 0.444 e. The SMILES string of the molecule is CC(C)(C)OC(=O)N1C[C@H](c2ccc(Br)cc2)[C@H]1C(=O)Nc1cccc2cccnc12. The van der Waals surface area contributed by atoms with Crippen molar-refractivity contribution in [2.24, 2.45) is 0 Å². The number of carbonyl (C=O) groups excluding carboxylic acids is 2. The summed E-state index contributed by atoms with van der Waals surface area (Å²) >= 11 is 3.44. The molecule has 1 aliphatic rings. The normalized spacial score (nSPS) is 18.4. The van der Waals surface area contributed by atoms with Crippen LogP contribution in [-0.2, 0) is 9.53 Å². The number of likely N-dealkylation sites (tertiary alicyclic amines) is 1. The summed E-state index contributed by atoms with van der Waals surface area (Å²) in [4.78, 5) is 32.0. The maximum Gasteiger partial charge on any atom is 0.411 e. The second kappa shape index (κ2) is 8.30. The number of rotatable bonds is 3. The predicted octanol–water partition coefficient (Wildman–Crippen LogP) is 5.34.